The van der Waals surface area contributed by atoms with Crippen molar-refractivity contribution in [2.75, 3.05) is 6.61 Å². The predicted molar refractivity (Wildman–Crippen MR) is 83.2 cm³/mol. The molecular weight excluding hydrogens is 337 g/mol. The van der Waals surface area contributed by atoms with E-state index in [9.17, 15) is 22.8 Å². The SMILES string of the molecule is O=C(COCc1ccccc1)NNC(=O)c1ccc(C(F)(F)F)cc1. The van der Waals surface area contributed by atoms with Gasteiger partial charge >= 0.3 is 6.18 Å². The molecule has 0 saturated carbocycles. The fourth-order valence-corrected chi connectivity index (χ4v) is 1.88. The van der Waals surface area contributed by atoms with Gasteiger partial charge in [-0.05, 0) is 29.8 Å². The van der Waals surface area contributed by atoms with Crippen LogP contribution in [0.1, 0.15) is 21.5 Å². The van der Waals surface area contributed by atoms with E-state index in [1.165, 1.54) is 0 Å². The molecule has 2 aromatic carbocycles. The fraction of sp³-hybridized carbons (Fsp3) is 0.176. The first-order valence-corrected chi connectivity index (χ1v) is 7.24. The largest absolute Gasteiger partial charge is 0.416 e. The van der Waals surface area contributed by atoms with Crippen LogP contribution in [0.15, 0.2) is 54.6 Å². The lowest BCUT2D eigenvalue weighted by Gasteiger charge is -2.09. The van der Waals surface area contributed by atoms with Crippen LogP contribution in [0.4, 0.5) is 13.2 Å². The number of nitrogens with one attached hydrogen (secondary N) is 2. The van der Waals surface area contributed by atoms with E-state index >= 15 is 0 Å². The summed E-state index contributed by atoms with van der Waals surface area (Å²) in [4.78, 5) is 23.3. The third-order valence-electron chi connectivity index (χ3n) is 3.13. The van der Waals surface area contributed by atoms with Crippen LogP contribution in [-0.2, 0) is 22.3 Å². The van der Waals surface area contributed by atoms with E-state index in [1.54, 1.807) is 0 Å². The van der Waals surface area contributed by atoms with Crippen LogP contribution >= 0.6 is 0 Å². The normalized spacial score (nSPS) is 11.0. The molecule has 0 aromatic heterocycles. The summed E-state index contributed by atoms with van der Waals surface area (Å²) in [7, 11) is 0. The van der Waals surface area contributed by atoms with Crippen molar-refractivity contribution in [3.63, 3.8) is 0 Å². The molecule has 2 amide bonds. The lowest BCUT2D eigenvalue weighted by molar-refractivity contribution is -0.137. The van der Waals surface area contributed by atoms with Gasteiger partial charge in [-0.15, -0.1) is 0 Å². The Balaban J connectivity index is 1.74. The fourth-order valence-electron chi connectivity index (χ4n) is 1.88. The number of benzene rings is 2. The van der Waals surface area contributed by atoms with Crippen LogP contribution in [0, 0.1) is 0 Å². The number of halogens is 3. The van der Waals surface area contributed by atoms with E-state index < -0.39 is 23.6 Å². The molecule has 8 heteroatoms. The quantitative estimate of drug-likeness (QED) is 0.813. The average Bonchev–Trinajstić information content (AvgIpc) is 2.60. The molecule has 2 N–H and O–H groups in total. The predicted octanol–water partition coefficient (Wildman–Crippen LogP) is 2.68. The second-order valence-corrected chi connectivity index (χ2v) is 5.06. The van der Waals surface area contributed by atoms with Crippen LogP contribution in [-0.4, -0.2) is 18.4 Å². The molecule has 132 valence electrons. The first-order valence-electron chi connectivity index (χ1n) is 7.24. The number of hydrazine groups is 1. The van der Waals surface area contributed by atoms with Gasteiger partial charge in [-0.3, -0.25) is 20.4 Å². The molecule has 0 atom stereocenters. The highest BCUT2D eigenvalue weighted by atomic mass is 19.4. The zero-order valence-corrected chi connectivity index (χ0v) is 13.0. The topological polar surface area (TPSA) is 67.4 Å². The minimum Gasteiger partial charge on any atom is -0.367 e. The molecule has 0 radical (unpaired) electrons. The Bertz CT molecular complexity index is 716. The van der Waals surface area contributed by atoms with Crippen molar-refractivity contribution >= 4 is 11.8 Å². The van der Waals surface area contributed by atoms with Gasteiger partial charge in [0.2, 0.25) is 0 Å². The maximum absolute atomic E-state index is 12.4. The highest BCUT2D eigenvalue weighted by Crippen LogP contribution is 2.28. The average molecular weight is 352 g/mol. The minimum atomic E-state index is -4.47. The number of alkyl halides is 3. The molecule has 2 aromatic rings. The van der Waals surface area contributed by atoms with Gasteiger partial charge in [-0.25, -0.2) is 0 Å². The Morgan fingerprint density at radius 1 is 0.920 bits per heavy atom. The number of ether oxygens (including phenoxy) is 1. The van der Waals surface area contributed by atoms with Crippen molar-refractivity contribution in [3.05, 3.63) is 71.3 Å². The molecule has 0 spiro atoms. The van der Waals surface area contributed by atoms with Gasteiger partial charge in [0.25, 0.3) is 11.8 Å². The van der Waals surface area contributed by atoms with Gasteiger partial charge in [-0.2, -0.15) is 13.2 Å². The number of rotatable bonds is 5. The van der Waals surface area contributed by atoms with E-state index in [2.05, 4.69) is 10.9 Å². The van der Waals surface area contributed by atoms with Crippen LogP contribution in [0.5, 0.6) is 0 Å². The van der Waals surface area contributed by atoms with Crippen LogP contribution in [0.2, 0.25) is 0 Å². The molecule has 0 aliphatic rings. The van der Waals surface area contributed by atoms with Crippen molar-refractivity contribution in [1.29, 1.82) is 0 Å². The molecule has 0 saturated heterocycles. The van der Waals surface area contributed by atoms with Crippen molar-refractivity contribution in [2.45, 2.75) is 12.8 Å². The Kier molecular flexibility index (Phi) is 6.13. The zero-order chi connectivity index (χ0) is 18.3. The highest BCUT2D eigenvalue weighted by molar-refractivity contribution is 5.95. The van der Waals surface area contributed by atoms with Crippen molar-refractivity contribution in [2.24, 2.45) is 0 Å². The number of hydrogen-bond acceptors (Lipinski definition) is 3. The Labute approximate surface area is 141 Å². The van der Waals surface area contributed by atoms with Crippen molar-refractivity contribution in [3.8, 4) is 0 Å². The number of carbonyl (C=O) groups excluding carboxylic acids is 2. The second-order valence-electron chi connectivity index (χ2n) is 5.06. The molecule has 0 fully saturated rings. The molecule has 5 nitrogen and oxygen atoms in total. The Morgan fingerprint density at radius 2 is 1.56 bits per heavy atom. The third-order valence-corrected chi connectivity index (χ3v) is 3.13. The summed E-state index contributed by atoms with van der Waals surface area (Å²) < 4.78 is 42.5. The molecule has 0 heterocycles. The van der Waals surface area contributed by atoms with Gasteiger partial charge in [0.1, 0.15) is 6.61 Å². The van der Waals surface area contributed by atoms with E-state index in [0.717, 1.165) is 29.8 Å². The van der Waals surface area contributed by atoms with Gasteiger partial charge in [0, 0.05) is 5.56 Å². The summed E-state index contributed by atoms with van der Waals surface area (Å²) in [5, 5.41) is 0. The van der Waals surface area contributed by atoms with Crippen molar-refractivity contribution in [1.82, 2.24) is 10.9 Å². The number of hydrogen-bond donors (Lipinski definition) is 2. The zero-order valence-electron chi connectivity index (χ0n) is 13.0. The molecule has 0 aliphatic carbocycles. The minimum absolute atomic E-state index is 0.0153. The number of carbonyl (C=O) groups is 2. The van der Waals surface area contributed by atoms with E-state index in [0.29, 0.717) is 0 Å². The van der Waals surface area contributed by atoms with Gasteiger partial charge in [0.05, 0.1) is 12.2 Å². The first kappa shape index (κ1) is 18.5. The summed E-state index contributed by atoms with van der Waals surface area (Å²) in [6, 6.07) is 12.8. The highest BCUT2D eigenvalue weighted by Gasteiger charge is 2.30. The molecule has 0 unspecified atom stereocenters. The lowest BCUT2D eigenvalue weighted by Crippen LogP contribution is -2.43. The lowest BCUT2D eigenvalue weighted by atomic mass is 10.1. The van der Waals surface area contributed by atoms with E-state index in [-0.39, 0.29) is 18.8 Å². The molecule has 25 heavy (non-hydrogen) atoms. The van der Waals surface area contributed by atoms with Crippen molar-refractivity contribution < 1.29 is 27.5 Å². The van der Waals surface area contributed by atoms with Gasteiger partial charge in [0.15, 0.2) is 0 Å². The maximum Gasteiger partial charge on any atom is 0.416 e. The Morgan fingerprint density at radius 3 is 2.16 bits per heavy atom. The van der Waals surface area contributed by atoms with Gasteiger partial charge in [-0.1, -0.05) is 30.3 Å². The maximum atomic E-state index is 12.4. The second kappa shape index (κ2) is 8.29. The number of amides is 2. The van der Waals surface area contributed by atoms with E-state index in [1.807, 2.05) is 30.3 Å². The smallest absolute Gasteiger partial charge is 0.367 e. The molecule has 2 rings (SSSR count). The molecular formula is C17H15F3N2O3. The monoisotopic (exact) mass is 352 g/mol. The standard InChI is InChI=1S/C17H15F3N2O3/c18-17(19,20)14-8-6-13(7-9-14)16(24)22-21-15(23)11-25-10-12-4-2-1-3-5-12/h1-9H,10-11H2,(H,21,23)(H,22,24). The summed E-state index contributed by atoms with van der Waals surface area (Å²) in [5.74, 6) is -1.32. The summed E-state index contributed by atoms with van der Waals surface area (Å²) in [5.41, 5.74) is 4.25. The van der Waals surface area contributed by atoms with E-state index in [4.69, 9.17) is 4.74 Å². The molecule has 0 aliphatic heterocycles. The Hall–Kier alpha value is -2.87. The molecule has 0 bridgehead atoms. The van der Waals surface area contributed by atoms with Crippen LogP contribution in [0.3, 0.4) is 0 Å². The summed E-state index contributed by atoms with van der Waals surface area (Å²) in [6.45, 7) is -0.0384. The summed E-state index contributed by atoms with van der Waals surface area (Å²) >= 11 is 0. The van der Waals surface area contributed by atoms with Crippen LogP contribution < -0.4 is 10.9 Å². The van der Waals surface area contributed by atoms with Gasteiger partial charge < -0.3 is 4.74 Å². The van der Waals surface area contributed by atoms with Crippen LogP contribution in [0.25, 0.3) is 0 Å². The first-order chi connectivity index (χ1) is 11.9. The third kappa shape index (κ3) is 5.92. The summed E-state index contributed by atoms with van der Waals surface area (Å²) in [6.07, 6.45) is -4.47.